The molecule has 1 heterocycles. The van der Waals surface area contributed by atoms with E-state index in [2.05, 4.69) is 0 Å². The van der Waals surface area contributed by atoms with Gasteiger partial charge in [0.1, 0.15) is 15.2 Å². The van der Waals surface area contributed by atoms with Crippen molar-refractivity contribution in [3.63, 3.8) is 0 Å². The molecule has 19 heavy (non-hydrogen) atoms. The lowest BCUT2D eigenvalue weighted by Gasteiger charge is -2.26. The van der Waals surface area contributed by atoms with E-state index in [0.29, 0.717) is 17.3 Å². The number of rotatable bonds is 4. The Morgan fingerprint density at radius 2 is 2.05 bits per heavy atom. The number of nitriles is 1. The molecule has 4 nitrogen and oxygen atoms in total. The minimum Gasteiger partial charge on any atom is -0.206 e. The minimum absolute atomic E-state index is 0.266. The molecule has 1 aliphatic carbocycles. The van der Waals surface area contributed by atoms with E-state index in [1.165, 1.54) is 29.6 Å². The smallest absolute Gasteiger partial charge is 0.206 e. The van der Waals surface area contributed by atoms with Gasteiger partial charge in [0.15, 0.2) is 0 Å². The predicted molar refractivity (Wildman–Crippen MR) is 75.4 cm³/mol. The van der Waals surface area contributed by atoms with Gasteiger partial charge in [0.05, 0.1) is 0 Å². The minimum atomic E-state index is -3.43. The van der Waals surface area contributed by atoms with Crippen LogP contribution in [0.5, 0.6) is 0 Å². The molecule has 0 atom stereocenters. The summed E-state index contributed by atoms with van der Waals surface area (Å²) in [6.07, 6.45) is 5.91. The summed E-state index contributed by atoms with van der Waals surface area (Å²) < 4.78 is 26.4. The topological polar surface area (TPSA) is 61.2 Å². The van der Waals surface area contributed by atoms with Gasteiger partial charge in [0, 0.05) is 13.6 Å². The first-order valence-corrected chi connectivity index (χ1v) is 8.76. The van der Waals surface area contributed by atoms with Gasteiger partial charge < -0.3 is 0 Å². The van der Waals surface area contributed by atoms with Crippen molar-refractivity contribution in [1.82, 2.24) is 4.31 Å². The van der Waals surface area contributed by atoms with Crippen molar-refractivity contribution in [3.05, 3.63) is 17.0 Å². The van der Waals surface area contributed by atoms with E-state index in [0.717, 1.165) is 24.2 Å². The van der Waals surface area contributed by atoms with Crippen LogP contribution in [-0.2, 0) is 10.0 Å². The van der Waals surface area contributed by atoms with Crippen LogP contribution in [0, 0.1) is 17.2 Å². The van der Waals surface area contributed by atoms with Crippen molar-refractivity contribution in [2.45, 2.75) is 36.3 Å². The SMILES string of the molecule is CN(CC1CCCCC1)S(=O)(=O)c1ccc(C#N)s1. The molecule has 0 N–H and O–H groups in total. The number of nitrogens with zero attached hydrogens (tertiary/aromatic N) is 2. The first-order chi connectivity index (χ1) is 9.04. The molecule has 104 valence electrons. The van der Waals surface area contributed by atoms with Gasteiger partial charge in [0.2, 0.25) is 0 Å². The van der Waals surface area contributed by atoms with Crippen LogP contribution in [0.25, 0.3) is 0 Å². The summed E-state index contributed by atoms with van der Waals surface area (Å²) >= 11 is 1.04. The third-order valence-corrected chi connectivity index (χ3v) is 6.88. The number of hydrogen-bond acceptors (Lipinski definition) is 4. The third kappa shape index (κ3) is 3.35. The molecule has 0 bridgehead atoms. The molecule has 6 heteroatoms. The Bertz CT molecular complexity index is 566. The Labute approximate surface area is 118 Å². The molecule has 0 unspecified atom stereocenters. The summed E-state index contributed by atoms with van der Waals surface area (Å²) in [5.74, 6) is 0.476. The fourth-order valence-electron chi connectivity index (χ4n) is 2.50. The maximum Gasteiger partial charge on any atom is 0.252 e. The van der Waals surface area contributed by atoms with Gasteiger partial charge in [-0.05, 0) is 30.9 Å². The predicted octanol–water partition coefficient (Wildman–Crippen LogP) is 2.82. The van der Waals surface area contributed by atoms with Crippen molar-refractivity contribution in [2.24, 2.45) is 5.92 Å². The number of thiophene rings is 1. The zero-order valence-corrected chi connectivity index (χ0v) is 12.6. The van der Waals surface area contributed by atoms with E-state index in [4.69, 9.17) is 5.26 Å². The van der Waals surface area contributed by atoms with Crippen molar-refractivity contribution in [3.8, 4) is 6.07 Å². The lowest BCUT2D eigenvalue weighted by atomic mass is 9.89. The Kier molecular flexibility index (Phi) is 4.61. The van der Waals surface area contributed by atoms with Crippen LogP contribution in [0.3, 0.4) is 0 Å². The molecule has 0 amide bonds. The van der Waals surface area contributed by atoms with Crippen LogP contribution in [0.15, 0.2) is 16.3 Å². The zero-order valence-electron chi connectivity index (χ0n) is 11.0. The Morgan fingerprint density at radius 1 is 1.37 bits per heavy atom. The van der Waals surface area contributed by atoms with Crippen molar-refractivity contribution >= 4 is 21.4 Å². The highest BCUT2D eigenvalue weighted by molar-refractivity contribution is 7.91. The fraction of sp³-hybridized carbons (Fsp3) is 0.615. The molecule has 0 aromatic carbocycles. The standard InChI is InChI=1S/C13H18N2O2S2/c1-15(10-11-5-3-2-4-6-11)19(16,17)13-8-7-12(9-14)18-13/h7-8,11H,2-6,10H2,1H3. The number of hydrogen-bond donors (Lipinski definition) is 0. The molecule has 1 aromatic rings. The molecular weight excluding hydrogens is 280 g/mol. The normalized spacial score (nSPS) is 17.5. The molecule has 2 rings (SSSR count). The van der Waals surface area contributed by atoms with Crippen LogP contribution in [0.4, 0.5) is 0 Å². The van der Waals surface area contributed by atoms with Crippen LogP contribution < -0.4 is 0 Å². The second-order valence-corrected chi connectivity index (χ2v) is 8.38. The van der Waals surface area contributed by atoms with Crippen LogP contribution in [0.1, 0.15) is 37.0 Å². The molecule has 0 radical (unpaired) electrons. The average molecular weight is 298 g/mol. The molecular formula is C13H18N2O2S2. The molecule has 1 aromatic heterocycles. The van der Waals surface area contributed by atoms with Gasteiger partial charge in [0.25, 0.3) is 10.0 Å². The monoisotopic (exact) mass is 298 g/mol. The molecule has 1 aliphatic rings. The first kappa shape index (κ1) is 14.5. The third-order valence-electron chi connectivity index (χ3n) is 3.60. The Hall–Kier alpha value is -0.900. The van der Waals surface area contributed by atoms with Crippen molar-refractivity contribution < 1.29 is 8.42 Å². The van der Waals surface area contributed by atoms with Crippen molar-refractivity contribution in [2.75, 3.05) is 13.6 Å². The summed E-state index contributed by atoms with van der Waals surface area (Å²) in [4.78, 5) is 0.435. The molecule has 0 saturated heterocycles. The van der Waals surface area contributed by atoms with E-state index in [1.54, 1.807) is 13.1 Å². The van der Waals surface area contributed by atoms with Gasteiger partial charge in [-0.2, -0.15) is 9.57 Å². The van der Waals surface area contributed by atoms with Gasteiger partial charge in [-0.3, -0.25) is 0 Å². The van der Waals surface area contributed by atoms with E-state index in [-0.39, 0.29) is 4.21 Å². The zero-order chi connectivity index (χ0) is 13.9. The highest BCUT2D eigenvalue weighted by atomic mass is 32.2. The molecule has 1 fully saturated rings. The van der Waals surface area contributed by atoms with Crippen molar-refractivity contribution in [1.29, 1.82) is 5.26 Å². The lowest BCUT2D eigenvalue weighted by Crippen LogP contribution is -2.32. The second-order valence-electron chi connectivity index (χ2n) is 5.02. The largest absolute Gasteiger partial charge is 0.252 e. The fourth-order valence-corrected chi connectivity index (χ4v) is 5.07. The maximum atomic E-state index is 12.4. The molecule has 1 saturated carbocycles. The molecule has 0 spiro atoms. The number of sulfonamides is 1. The van der Waals surface area contributed by atoms with Crippen LogP contribution in [-0.4, -0.2) is 26.3 Å². The summed E-state index contributed by atoms with van der Waals surface area (Å²) in [7, 11) is -1.79. The van der Waals surface area contributed by atoms with Crippen LogP contribution in [0.2, 0.25) is 0 Å². The quantitative estimate of drug-likeness (QED) is 0.858. The van der Waals surface area contributed by atoms with Gasteiger partial charge in [-0.1, -0.05) is 19.3 Å². The summed E-state index contributed by atoms with van der Waals surface area (Å²) in [5, 5.41) is 8.77. The highest BCUT2D eigenvalue weighted by Gasteiger charge is 2.26. The van der Waals surface area contributed by atoms with E-state index < -0.39 is 10.0 Å². The summed E-state index contributed by atoms with van der Waals surface area (Å²) in [6.45, 7) is 0.585. The average Bonchev–Trinajstić information content (AvgIpc) is 2.89. The highest BCUT2D eigenvalue weighted by Crippen LogP contribution is 2.28. The van der Waals surface area contributed by atoms with E-state index >= 15 is 0 Å². The van der Waals surface area contributed by atoms with Crippen LogP contribution >= 0.6 is 11.3 Å². The lowest BCUT2D eigenvalue weighted by molar-refractivity contribution is 0.300. The molecule has 0 aliphatic heterocycles. The van der Waals surface area contributed by atoms with E-state index in [1.807, 2.05) is 6.07 Å². The first-order valence-electron chi connectivity index (χ1n) is 6.50. The summed E-state index contributed by atoms with van der Waals surface area (Å²) in [5.41, 5.74) is 0. The Balaban J connectivity index is 2.08. The second kappa shape index (κ2) is 6.04. The Morgan fingerprint density at radius 3 is 2.63 bits per heavy atom. The van der Waals surface area contributed by atoms with Gasteiger partial charge >= 0.3 is 0 Å². The van der Waals surface area contributed by atoms with Gasteiger partial charge in [-0.25, -0.2) is 8.42 Å². The van der Waals surface area contributed by atoms with Gasteiger partial charge in [-0.15, -0.1) is 11.3 Å². The van der Waals surface area contributed by atoms with E-state index in [9.17, 15) is 8.42 Å². The maximum absolute atomic E-state index is 12.4. The summed E-state index contributed by atoms with van der Waals surface area (Å²) in [6, 6.07) is 5.06.